The number of thiazole rings is 1. The SMILES string of the molecule is Nc1c(NC(C2CC2)C2CC2)ccc2scnc12. The van der Waals surface area contributed by atoms with Gasteiger partial charge in [-0.05, 0) is 49.7 Å². The van der Waals surface area contributed by atoms with E-state index in [1.54, 1.807) is 11.3 Å². The summed E-state index contributed by atoms with van der Waals surface area (Å²) < 4.78 is 1.17. The summed E-state index contributed by atoms with van der Waals surface area (Å²) >= 11 is 1.65. The second kappa shape index (κ2) is 3.85. The summed E-state index contributed by atoms with van der Waals surface area (Å²) in [6.45, 7) is 0. The highest BCUT2D eigenvalue weighted by Crippen LogP contribution is 2.46. The smallest absolute Gasteiger partial charge is 0.106 e. The van der Waals surface area contributed by atoms with Crippen molar-refractivity contribution < 1.29 is 0 Å². The molecule has 0 radical (unpaired) electrons. The first-order valence-electron chi connectivity index (χ1n) is 6.71. The number of hydrogen-bond donors (Lipinski definition) is 2. The van der Waals surface area contributed by atoms with Crippen LogP contribution in [0.15, 0.2) is 17.6 Å². The zero-order valence-electron chi connectivity index (χ0n) is 10.2. The number of nitrogen functional groups attached to an aromatic ring is 1. The normalized spacial score (nSPS) is 19.6. The molecule has 0 saturated heterocycles. The van der Waals surface area contributed by atoms with Gasteiger partial charge < -0.3 is 11.1 Å². The van der Waals surface area contributed by atoms with Crippen molar-refractivity contribution in [3.8, 4) is 0 Å². The molecule has 94 valence electrons. The Morgan fingerprint density at radius 3 is 2.61 bits per heavy atom. The van der Waals surface area contributed by atoms with E-state index in [4.69, 9.17) is 5.73 Å². The Bertz CT molecular complexity index is 572. The van der Waals surface area contributed by atoms with E-state index in [1.165, 1.54) is 30.4 Å². The molecule has 0 spiro atoms. The molecule has 2 fully saturated rings. The van der Waals surface area contributed by atoms with Crippen molar-refractivity contribution in [2.45, 2.75) is 31.7 Å². The third-order valence-electron chi connectivity index (χ3n) is 4.12. The number of fused-ring (bicyclic) bond motifs is 1. The van der Waals surface area contributed by atoms with Crippen LogP contribution in [-0.4, -0.2) is 11.0 Å². The minimum atomic E-state index is 0.642. The first kappa shape index (κ1) is 10.6. The van der Waals surface area contributed by atoms with E-state index in [1.807, 2.05) is 5.51 Å². The van der Waals surface area contributed by atoms with Crippen LogP contribution < -0.4 is 11.1 Å². The quantitative estimate of drug-likeness (QED) is 0.826. The van der Waals surface area contributed by atoms with Crippen LogP contribution >= 0.6 is 11.3 Å². The largest absolute Gasteiger partial charge is 0.395 e. The van der Waals surface area contributed by atoms with Gasteiger partial charge in [0.1, 0.15) is 5.52 Å². The second-order valence-electron chi connectivity index (χ2n) is 5.57. The molecule has 0 amide bonds. The fourth-order valence-corrected chi connectivity index (χ4v) is 3.48. The summed E-state index contributed by atoms with van der Waals surface area (Å²) in [4.78, 5) is 4.36. The van der Waals surface area contributed by atoms with Crippen LogP contribution in [0, 0.1) is 11.8 Å². The van der Waals surface area contributed by atoms with Crippen LogP contribution in [0.1, 0.15) is 25.7 Å². The Labute approximate surface area is 110 Å². The van der Waals surface area contributed by atoms with E-state index >= 15 is 0 Å². The molecule has 1 aromatic heterocycles. The number of hydrogen-bond acceptors (Lipinski definition) is 4. The Morgan fingerprint density at radius 2 is 1.94 bits per heavy atom. The molecule has 0 unspecified atom stereocenters. The molecule has 0 bridgehead atoms. The lowest BCUT2D eigenvalue weighted by molar-refractivity contribution is 0.568. The number of anilines is 2. The van der Waals surface area contributed by atoms with Gasteiger partial charge >= 0.3 is 0 Å². The lowest BCUT2D eigenvalue weighted by atomic mass is 10.1. The van der Waals surface area contributed by atoms with Gasteiger partial charge in [-0.15, -0.1) is 11.3 Å². The van der Waals surface area contributed by atoms with Crippen molar-refractivity contribution in [3.63, 3.8) is 0 Å². The Balaban J connectivity index is 1.66. The lowest BCUT2D eigenvalue weighted by Crippen LogP contribution is -2.24. The number of rotatable bonds is 4. The highest BCUT2D eigenvalue weighted by molar-refractivity contribution is 7.16. The fourth-order valence-electron chi connectivity index (χ4n) is 2.79. The van der Waals surface area contributed by atoms with Crippen LogP contribution in [0.25, 0.3) is 10.2 Å². The van der Waals surface area contributed by atoms with Gasteiger partial charge in [-0.25, -0.2) is 4.98 Å². The van der Waals surface area contributed by atoms with Crippen molar-refractivity contribution >= 4 is 32.9 Å². The summed E-state index contributed by atoms with van der Waals surface area (Å²) in [5, 5.41) is 3.69. The Hall–Kier alpha value is -1.29. The molecule has 0 atom stereocenters. The summed E-state index contributed by atoms with van der Waals surface area (Å²) in [7, 11) is 0. The molecule has 1 aromatic carbocycles. The molecular formula is C14H17N3S. The monoisotopic (exact) mass is 259 g/mol. The van der Waals surface area contributed by atoms with Crippen molar-refractivity contribution in [3.05, 3.63) is 17.6 Å². The van der Waals surface area contributed by atoms with Crippen LogP contribution in [0.5, 0.6) is 0 Å². The van der Waals surface area contributed by atoms with Crippen LogP contribution in [-0.2, 0) is 0 Å². The van der Waals surface area contributed by atoms with E-state index in [2.05, 4.69) is 22.4 Å². The maximum absolute atomic E-state index is 6.23. The van der Waals surface area contributed by atoms with Gasteiger partial charge in [-0.2, -0.15) is 0 Å². The average Bonchev–Trinajstić information content (AvgIpc) is 3.28. The number of nitrogens with two attached hydrogens (primary N) is 1. The third kappa shape index (κ3) is 1.75. The van der Waals surface area contributed by atoms with Crippen molar-refractivity contribution in [1.82, 2.24) is 4.98 Å². The molecule has 18 heavy (non-hydrogen) atoms. The van der Waals surface area contributed by atoms with Crippen LogP contribution in [0.4, 0.5) is 11.4 Å². The molecule has 1 heterocycles. The lowest BCUT2D eigenvalue weighted by Gasteiger charge is -2.20. The van der Waals surface area contributed by atoms with Gasteiger partial charge in [-0.3, -0.25) is 0 Å². The van der Waals surface area contributed by atoms with E-state index in [0.29, 0.717) is 6.04 Å². The van der Waals surface area contributed by atoms with Gasteiger partial charge in [0.2, 0.25) is 0 Å². The van der Waals surface area contributed by atoms with Gasteiger partial charge in [0, 0.05) is 6.04 Å². The molecular weight excluding hydrogens is 242 g/mol. The molecule has 3 nitrogen and oxygen atoms in total. The second-order valence-corrected chi connectivity index (χ2v) is 6.46. The molecule has 0 aliphatic heterocycles. The minimum absolute atomic E-state index is 0.642. The third-order valence-corrected chi connectivity index (χ3v) is 4.92. The maximum atomic E-state index is 6.23. The first-order valence-corrected chi connectivity index (χ1v) is 7.59. The van der Waals surface area contributed by atoms with Gasteiger partial charge in [0.05, 0.1) is 21.6 Å². The van der Waals surface area contributed by atoms with Gasteiger partial charge in [0.25, 0.3) is 0 Å². The zero-order valence-corrected chi connectivity index (χ0v) is 11.0. The summed E-state index contributed by atoms with van der Waals surface area (Å²) in [5.74, 6) is 1.76. The number of benzene rings is 1. The molecule has 2 aliphatic carbocycles. The van der Waals surface area contributed by atoms with E-state index in [9.17, 15) is 0 Å². The topological polar surface area (TPSA) is 50.9 Å². The Kier molecular flexibility index (Phi) is 2.27. The minimum Gasteiger partial charge on any atom is -0.395 e. The average molecular weight is 259 g/mol. The maximum Gasteiger partial charge on any atom is 0.106 e. The summed E-state index contributed by atoms with van der Waals surface area (Å²) in [6, 6.07) is 4.89. The van der Waals surface area contributed by atoms with Crippen LogP contribution in [0.3, 0.4) is 0 Å². The fraction of sp³-hybridized carbons (Fsp3) is 0.500. The number of aromatic nitrogens is 1. The van der Waals surface area contributed by atoms with Crippen molar-refractivity contribution in [1.29, 1.82) is 0 Å². The van der Waals surface area contributed by atoms with Gasteiger partial charge in [-0.1, -0.05) is 0 Å². The van der Waals surface area contributed by atoms with Crippen LogP contribution in [0.2, 0.25) is 0 Å². The standard InChI is InChI=1S/C14H17N3S/c15-12-10(5-6-11-14(12)16-7-18-11)17-13(8-1-2-8)9-3-4-9/h5-9,13,17H,1-4,15H2. The highest BCUT2D eigenvalue weighted by Gasteiger charge is 2.41. The Morgan fingerprint density at radius 1 is 1.22 bits per heavy atom. The zero-order chi connectivity index (χ0) is 12.1. The number of nitrogens with zero attached hydrogens (tertiary/aromatic N) is 1. The summed E-state index contributed by atoms with van der Waals surface area (Å²) in [5.41, 5.74) is 11.0. The highest BCUT2D eigenvalue weighted by atomic mass is 32.1. The van der Waals surface area contributed by atoms with E-state index in [0.717, 1.165) is 28.7 Å². The first-order chi connectivity index (χ1) is 8.83. The van der Waals surface area contributed by atoms with Crippen molar-refractivity contribution in [2.75, 3.05) is 11.1 Å². The molecule has 2 aliphatic rings. The van der Waals surface area contributed by atoms with E-state index < -0.39 is 0 Å². The predicted octanol–water partition coefficient (Wildman–Crippen LogP) is 3.48. The molecule has 2 aromatic rings. The predicted molar refractivity (Wildman–Crippen MR) is 76.9 cm³/mol. The molecule has 3 N–H and O–H groups in total. The molecule has 2 saturated carbocycles. The summed E-state index contributed by atoms with van der Waals surface area (Å²) in [6.07, 6.45) is 5.53. The van der Waals surface area contributed by atoms with Gasteiger partial charge in [0.15, 0.2) is 0 Å². The number of nitrogens with one attached hydrogen (secondary N) is 1. The van der Waals surface area contributed by atoms with Crippen molar-refractivity contribution in [2.24, 2.45) is 11.8 Å². The molecule has 4 heteroatoms. The van der Waals surface area contributed by atoms with E-state index in [-0.39, 0.29) is 0 Å². The molecule has 4 rings (SSSR count).